The van der Waals surface area contributed by atoms with Gasteiger partial charge in [-0.05, 0) is 18.6 Å². The number of fused-ring (bicyclic) bond motifs is 1. The van der Waals surface area contributed by atoms with Gasteiger partial charge in [-0.1, -0.05) is 30.4 Å². The number of aryl methyl sites for hydroxylation is 1. The first kappa shape index (κ1) is 18.2. The molecule has 3 rings (SSSR count). The minimum absolute atomic E-state index is 0.0246. The number of para-hydroxylation sites is 1. The summed E-state index contributed by atoms with van der Waals surface area (Å²) in [6, 6.07) is 7.98. The predicted molar refractivity (Wildman–Crippen MR) is 101 cm³/mol. The number of carbonyl (C=O) groups excluding carboxylic acids is 2. The summed E-state index contributed by atoms with van der Waals surface area (Å²) < 4.78 is 6.87. The van der Waals surface area contributed by atoms with E-state index in [1.165, 1.54) is 7.11 Å². The summed E-state index contributed by atoms with van der Waals surface area (Å²) in [6.07, 6.45) is 5.98. The molecule has 2 aromatic rings. The van der Waals surface area contributed by atoms with Crippen molar-refractivity contribution in [2.24, 2.45) is 7.05 Å². The maximum Gasteiger partial charge on any atom is 0.246 e. The van der Waals surface area contributed by atoms with E-state index in [0.29, 0.717) is 13.1 Å². The van der Waals surface area contributed by atoms with Crippen LogP contribution in [0.5, 0.6) is 0 Å². The third kappa shape index (κ3) is 3.51. The van der Waals surface area contributed by atoms with E-state index < -0.39 is 0 Å². The lowest BCUT2D eigenvalue weighted by molar-refractivity contribution is -0.133. The van der Waals surface area contributed by atoms with Crippen molar-refractivity contribution >= 4 is 22.7 Å². The Morgan fingerprint density at radius 3 is 2.88 bits per heavy atom. The Kier molecular flexibility index (Phi) is 5.42. The van der Waals surface area contributed by atoms with Crippen LogP contribution < -0.4 is 5.32 Å². The van der Waals surface area contributed by atoms with Crippen LogP contribution in [-0.4, -0.2) is 54.1 Å². The molecule has 2 atom stereocenters. The number of ether oxygens (including phenoxy) is 1. The molecule has 2 heterocycles. The maximum absolute atomic E-state index is 13.1. The van der Waals surface area contributed by atoms with E-state index in [-0.39, 0.29) is 30.4 Å². The topological polar surface area (TPSA) is 63.6 Å². The van der Waals surface area contributed by atoms with Crippen molar-refractivity contribution in [3.8, 4) is 0 Å². The molecule has 0 saturated heterocycles. The van der Waals surface area contributed by atoms with Gasteiger partial charge >= 0.3 is 0 Å². The van der Waals surface area contributed by atoms with Crippen molar-refractivity contribution in [2.75, 3.05) is 26.8 Å². The third-order valence-electron chi connectivity index (χ3n) is 4.89. The molecule has 6 nitrogen and oxygen atoms in total. The molecule has 0 aliphatic carbocycles. The third-order valence-corrected chi connectivity index (χ3v) is 4.89. The lowest BCUT2D eigenvalue weighted by Crippen LogP contribution is -2.45. The highest BCUT2D eigenvalue weighted by atomic mass is 16.5. The number of nitrogens with one attached hydrogen (secondary N) is 1. The molecule has 1 aromatic carbocycles. The van der Waals surface area contributed by atoms with Crippen LogP contribution in [0.4, 0.5) is 0 Å². The molecular formula is C20H25N3O3. The van der Waals surface area contributed by atoms with E-state index in [9.17, 15) is 9.59 Å². The number of nitrogens with zero attached hydrogens (tertiary/aromatic N) is 2. The fourth-order valence-corrected chi connectivity index (χ4v) is 3.50. The van der Waals surface area contributed by atoms with E-state index in [2.05, 4.69) is 22.0 Å². The number of benzene rings is 1. The second-order valence-corrected chi connectivity index (χ2v) is 6.66. The maximum atomic E-state index is 13.1. The molecule has 6 heteroatoms. The molecule has 0 saturated carbocycles. The summed E-state index contributed by atoms with van der Waals surface area (Å²) >= 11 is 0. The van der Waals surface area contributed by atoms with E-state index in [1.807, 2.05) is 49.4 Å². The Morgan fingerprint density at radius 1 is 1.35 bits per heavy atom. The Balaban J connectivity index is 1.74. The van der Waals surface area contributed by atoms with Crippen LogP contribution >= 0.6 is 0 Å². The van der Waals surface area contributed by atoms with Gasteiger partial charge in [0, 0.05) is 44.3 Å². The molecule has 0 bridgehead atoms. The molecule has 1 aliphatic heterocycles. The molecule has 2 unspecified atom stereocenters. The van der Waals surface area contributed by atoms with Crippen molar-refractivity contribution in [3.63, 3.8) is 0 Å². The Morgan fingerprint density at radius 2 is 2.12 bits per heavy atom. The molecule has 1 aliphatic rings. The quantitative estimate of drug-likeness (QED) is 0.804. The smallest absolute Gasteiger partial charge is 0.246 e. The fourth-order valence-electron chi connectivity index (χ4n) is 3.50. The van der Waals surface area contributed by atoms with Gasteiger partial charge in [0.05, 0.1) is 12.0 Å². The van der Waals surface area contributed by atoms with Gasteiger partial charge in [-0.15, -0.1) is 0 Å². The Bertz CT molecular complexity index is 840. The fraction of sp³-hybridized carbons (Fsp3) is 0.400. The zero-order chi connectivity index (χ0) is 18.7. The van der Waals surface area contributed by atoms with Gasteiger partial charge < -0.3 is 19.5 Å². The summed E-state index contributed by atoms with van der Waals surface area (Å²) in [6.45, 7) is 2.94. The van der Waals surface area contributed by atoms with Crippen LogP contribution in [0.1, 0.15) is 18.4 Å². The zero-order valence-electron chi connectivity index (χ0n) is 15.4. The average Bonchev–Trinajstić information content (AvgIpc) is 3.24. The molecule has 26 heavy (non-hydrogen) atoms. The lowest BCUT2D eigenvalue weighted by atomic mass is 9.98. The summed E-state index contributed by atoms with van der Waals surface area (Å²) in [5.74, 6) is -0.363. The predicted octanol–water partition coefficient (Wildman–Crippen LogP) is 1.81. The van der Waals surface area contributed by atoms with Gasteiger partial charge in [-0.25, -0.2) is 0 Å². The van der Waals surface area contributed by atoms with Gasteiger partial charge in [0.1, 0.15) is 6.61 Å². The van der Waals surface area contributed by atoms with E-state index in [0.717, 1.165) is 16.5 Å². The molecule has 2 amide bonds. The molecule has 0 fully saturated rings. The highest BCUT2D eigenvalue weighted by Crippen LogP contribution is 2.29. The van der Waals surface area contributed by atoms with Crippen LogP contribution in [0.2, 0.25) is 0 Å². The van der Waals surface area contributed by atoms with Gasteiger partial charge in [-0.2, -0.15) is 0 Å². The van der Waals surface area contributed by atoms with Crippen LogP contribution in [-0.2, 0) is 21.4 Å². The monoisotopic (exact) mass is 355 g/mol. The summed E-state index contributed by atoms with van der Waals surface area (Å²) in [5, 5.41) is 3.91. The highest BCUT2D eigenvalue weighted by molar-refractivity contribution is 5.92. The SMILES string of the molecule is COCC(=O)NCC1C=CCN1C(=O)C(C)c1cn(C)c2ccccc12. The van der Waals surface area contributed by atoms with E-state index in [4.69, 9.17) is 4.74 Å². The number of aromatic nitrogens is 1. The van der Waals surface area contributed by atoms with E-state index in [1.54, 1.807) is 0 Å². The van der Waals surface area contributed by atoms with Gasteiger partial charge in [-0.3, -0.25) is 9.59 Å². The molecule has 1 N–H and O–H groups in total. The standard InChI is InChI=1S/C20H25N3O3/c1-14(17-12-22(2)18-9-5-4-8-16(17)18)20(25)23-10-6-7-15(23)11-21-19(24)13-26-3/h4-9,12,14-15H,10-11,13H2,1-3H3,(H,21,24). The average molecular weight is 355 g/mol. The van der Waals surface area contributed by atoms with E-state index >= 15 is 0 Å². The van der Waals surface area contributed by atoms with Gasteiger partial charge in [0.25, 0.3) is 0 Å². The number of amides is 2. The molecular weight excluding hydrogens is 330 g/mol. The summed E-state index contributed by atoms with van der Waals surface area (Å²) in [5.41, 5.74) is 2.15. The van der Waals surface area contributed by atoms with Crippen LogP contribution in [0.25, 0.3) is 10.9 Å². The number of hydrogen-bond acceptors (Lipinski definition) is 3. The normalized spacial score (nSPS) is 17.7. The first-order valence-corrected chi connectivity index (χ1v) is 8.79. The number of rotatable bonds is 6. The minimum Gasteiger partial charge on any atom is -0.375 e. The number of methoxy groups -OCH3 is 1. The van der Waals surface area contributed by atoms with Gasteiger partial charge in [0.15, 0.2) is 0 Å². The Hall–Kier alpha value is -2.60. The molecule has 138 valence electrons. The number of carbonyl (C=O) groups is 2. The van der Waals surface area contributed by atoms with Crippen molar-refractivity contribution < 1.29 is 14.3 Å². The van der Waals surface area contributed by atoms with Crippen molar-refractivity contribution in [1.82, 2.24) is 14.8 Å². The first-order chi connectivity index (χ1) is 12.5. The first-order valence-electron chi connectivity index (χ1n) is 8.79. The van der Waals surface area contributed by atoms with Crippen molar-refractivity contribution in [2.45, 2.75) is 18.9 Å². The zero-order valence-corrected chi connectivity index (χ0v) is 15.4. The summed E-state index contributed by atoms with van der Waals surface area (Å²) in [4.78, 5) is 26.6. The number of hydrogen-bond donors (Lipinski definition) is 1. The van der Waals surface area contributed by atoms with Crippen molar-refractivity contribution in [3.05, 3.63) is 48.2 Å². The highest BCUT2D eigenvalue weighted by Gasteiger charge is 2.30. The molecule has 0 radical (unpaired) electrons. The second-order valence-electron chi connectivity index (χ2n) is 6.66. The molecule has 1 aromatic heterocycles. The van der Waals surface area contributed by atoms with Gasteiger partial charge in [0.2, 0.25) is 11.8 Å². The lowest BCUT2D eigenvalue weighted by Gasteiger charge is -2.27. The van der Waals surface area contributed by atoms with Crippen LogP contribution in [0.15, 0.2) is 42.6 Å². The minimum atomic E-state index is -0.252. The van der Waals surface area contributed by atoms with Crippen LogP contribution in [0, 0.1) is 0 Å². The second kappa shape index (κ2) is 7.74. The van der Waals surface area contributed by atoms with Crippen LogP contribution in [0.3, 0.4) is 0 Å². The largest absolute Gasteiger partial charge is 0.375 e. The summed E-state index contributed by atoms with van der Waals surface area (Å²) in [7, 11) is 3.48. The molecule has 0 spiro atoms. The van der Waals surface area contributed by atoms with Crippen molar-refractivity contribution in [1.29, 1.82) is 0 Å². The Labute approximate surface area is 153 Å².